The second-order valence-corrected chi connectivity index (χ2v) is 9.17. The number of hydrogen-bond donors (Lipinski definition) is 3. The zero-order valence-electron chi connectivity index (χ0n) is 18.3. The number of likely N-dealkylation sites (tertiary alicyclic amines) is 1. The maximum atomic E-state index is 12.8. The molecule has 1 aliphatic heterocycles. The van der Waals surface area contributed by atoms with Crippen molar-refractivity contribution in [2.75, 3.05) is 18.4 Å². The largest absolute Gasteiger partial charge is 0.389 e. The first kappa shape index (κ1) is 20.9. The molecule has 1 saturated heterocycles. The van der Waals surface area contributed by atoms with E-state index in [2.05, 4.69) is 20.5 Å². The van der Waals surface area contributed by atoms with Crippen molar-refractivity contribution in [2.24, 2.45) is 0 Å². The van der Waals surface area contributed by atoms with Crippen LogP contribution in [-0.2, 0) is 11.3 Å². The van der Waals surface area contributed by atoms with Crippen LogP contribution in [0.25, 0.3) is 11.0 Å². The molecule has 3 aromatic rings. The minimum Gasteiger partial charge on any atom is -0.389 e. The van der Waals surface area contributed by atoms with Gasteiger partial charge in [-0.3, -0.25) is 14.9 Å². The third-order valence-electron chi connectivity index (χ3n) is 6.83. The van der Waals surface area contributed by atoms with E-state index >= 15 is 0 Å². The molecule has 3 aromatic heterocycles. The lowest BCUT2D eigenvalue weighted by Crippen LogP contribution is -2.39. The number of pyridine rings is 2. The molecule has 0 radical (unpaired) electrons. The van der Waals surface area contributed by atoms with Gasteiger partial charge < -0.3 is 15.3 Å². The number of carbonyl (C=O) groups excluding carboxylic acids is 1. The van der Waals surface area contributed by atoms with Gasteiger partial charge in [-0.15, -0.1) is 0 Å². The first-order valence-corrected chi connectivity index (χ1v) is 11.6. The molecule has 4 heterocycles. The predicted molar refractivity (Wildman–Crippen MR) is 122 cm³/mol. The highest BCUT2D eigenvalue weighted by atomic mass is 16.3. The van der Waals surface area contributed by atoms with Gasteiger partial charge in [0, 0.05) is 30.9 Å². The molecular formula is C24H30N6O2. The van der Waals surface area contributed by atoms with E-state index in [9.17, 15) is 9.90 Å². The highest BCUT2D eigenvalue weighted by Crippen LogP contribution is 2.33. The Morgan fingerprint density at radius 3 is 2.91 bits per heavy atom. The lowest BCUT2D eigenvalue weighted by atomic mass is 9.82. The molecular weight excluding hydrogens is 404 g/mol. The van der Waals surface area contributed by atoms with E-state index in [0.717, 1.165) is 73.3 Å². The first-order chi connectivity index (χ1) is 15.6. The van der Waals surface area contributed by atoms with Gasteiger partial charge in [0.05, 0.1) is 29.6 Å². The van der Waals surface area contributed by atoms with Crippen LogP contribution in [0, 0.1) is 0 Å². The molecule has 168 valence electrons. The molecule has 0 spiro atoms. The molecule has 8 nitrogen and oxygen atoms in total. The van der Waals surface area contributed by atoms with Crippen LogP contribution in [0.15, 0.2) is 36.5 Å². The number of aromatic amines is 1. The Kier molecular flexibility index (Phi) is 5.78. The van der Waals surface area contributed by atoms with E-state index in [-0.39, 0.29) is 18.2 Å². The molecule has 32 heavy (non-hydrogen) atoms. The summed E-state index contributed by atoms with van der Waals surface area (Å²) >= 11 is 0. The highest BCUT2D eigenvalue weighted by molar-refractivity contribution is 5.87. The van der Waals surface area contributed by atoms with E-state index in [1.165, 1.54) is 0 Å². The summed E-state index contributed by atoms with van der Waals surface area (Å²) in [5.74, 6) is 1.03. The smallest absolute Gasteiger partial charge is 0.225 e. The fourth-order valence-electron chi connectivity index (χ4n) is 4.97. The number of H-pyrrole nitrogens is 1. The van der Waals surface area contributed by atoms with Crippen LogP contribution in [0.2, 0.25) is 0 Å². The number of aliphatic hydroxyl groups is 1. The summed E-state index contributed by atoms with van der Waals surface area (Å²) in [6, 6.07) is 9.91. The molecule has 1 unspecified atom stereocenters. The maximum absolute atomic E-state index is 12.8. The SMILES string of the molecule is O=C(CC1(O)CCCCC1)N1CCC(c2ccc3c(NCc4ccccn4)n[nH]c3n2)C1. The summed E-state index contributed by atoms with van der Waals surface area (Å²) in [5, 5.41) is 22.4. The van der Waals surface area contributed by atoms with Crippen LogP contribution >= 0.6 is 0 Å². The summed E-state index contributed by atoms with van der Waals surface area (Å²) in [4.78, 5) is 23.8. The predicted octanol–water partition coefficient (Wildman–Crippen LogP) is 3.37. The van der Waals surface area contributed by atoms with Crippen molar-refractivity contribution in [3.8, 4) is 0 Å². The minimum absolute atomic E-state index is 0.0699. The van der Waals surface area contributed by atoms with E-state index < -0.39 is 5.60 Å². The molecule has 0 aromatic carbocycles. The number of rotatable bonds is 6. The second-order valence-electron chi connectivity index (χ2n) is 9.17. The molecule has 0 bridgehead atoms. The van der Waals surface area contributed by atoms with E-state index in [0.29, 0.717) is 13.1 Å². The highest BCUT2D eigenvalue weighted by Gasteiger charge is 2.36. The topological polar surface area (TPSA) is 107 Å². The van der Waals surface area contributed by atoms with E-state index in [1.807, 2.05) is 35.2 Å². The van der Waals surface area contributed by atoms with Gasteiger partial charge in [0.2, 0.25) is 5.91 Å². The Morgan fingerprint density at radius 1 is 1.22 bits per heavy atom. The fourth-order valence-corrected chi connectivity index (χ4v) is 4.97. The Morgan fingerprint density at radius 2 is 2.09 bits per heavy atom. The standard InChI is InChI=1S/C24H30N6O2/c31-21(14-24(32)10-3-1-4-11-24)30-13-9-17(16-30)20-8-7-19-22(28-29-23(19)27-20)26-15-18-6-2-5-12-25-18/h2,5-8,12,17,32H,1,3-4,9-11,13-16H2,(H2,26,27,28,29). The Balaban J connectivity index is 1.22. The molecule has 5 rings (SSSR count). The van der Waals surface area contributed by atoms with Gasteiger partial charge in [-0.1, -0.05) is 25.3 Å². The van der Waals surface area contributed by atoms with Crippen LogP contribution in [0.4, 0.5) is 5.82 Å². The lowest BCUT2D eigenvalue weighted by molar-refractivity contribution is -0.136. The summed E-state index contributed by atoms with van der Waals surface area (Å²) in [6.45, 7) is 1.97. The van der Waals surface area contributed by atoms with Crippen LogP contribution in [0.3, 0.4) is 0 Å². The van der Waals surface area contributed by atoms with Gasteiger partial charge in [0.15, 0.2) is 11.5 Å². The zero-order chi connectivity index (χ0) is 22.0. The van der Waals surface area contributed by atoms with Gasteiger partial charge in [-0.05, 0) is 43.5 Å². The quantitative estimate of drug-likeness (QED) is 0.549. The van der Waals surface area contributed by atoms with E-state index in [4.69, 9.17) is 4.98 Å². The van der Waals surface area contributed by atoms with Crippen molar-refractivity contribution >= 4 is 22.8 Å². The maximum Gasteiger partial charge on any atom is 0.225 e. The first-order valence-electron chi connectivity index (χ1n) is 11.6. The molecule has 2 fully saturated rings. The second kappa shape index (κ2) is 8.86. The summed E-state index contributed by atoms with van der Waals surface area (Å²) in [6.07, 6.45) is 7.58. The molecule has 1 amide bonds. The molecule has 8 heteroatoms. The normalized spacial score (nSPS) is 20.5. The van der Waals surface area contributed by atoms with Crippen LogP contribution in [0.5, 0.6) is 0 Å². The molecule has 1 saturated carbocycles. The number of anilines is 1. The average molecular weight is 435 g/mol. The molecule has 1 aliphatic carbocycles. The van der Waals surface area contributed by atoms with Crippen molar-refractivity contribution < 1.29 is 9.90 Å². The van der Waals surface area contributed by atoms with Crippen LogP contribution < -0.4 is 5.32 Å². The van der Waals surface area contributed by atoms with Gasteiger partial charge in [0.25, 0.3) is 0 Å². The van der Waals surface area contributed by atoms with Gasteiger partial charge in [0.1, 0.15) is 0 Å². The monoisotopic (exact) mass is 434 g/mol. The van der Waals surface area contributed by atoms with Gasteiger partial charge in [-0.25, -0.2) is 4.98 Å². The molecule has 2 aliphatic rings. The molecule has 3 N–H and O–H groups in total. The average Bonchev–Trinajstić information content (AvgIpc) is 3.46. The van der Waals surface area contributed by atoms with Gasteiger partial charge in [-0.2, -0.15) is 5.10 Å². The van der Waals surface area contributed by atoms with Crippen molar-refractivity contribution in [1.29, 1.82) is 0 Å². The third kappa shape index (κ3) is 4.46. The Labute approximate surface area is 187 Å². The number of carbonyl (C=O) groups is 1. The number of nitrogens with one attached hydrogen (secondary N) is 2. The number of fused-ring (bicyclic) bond motifs is 1. The summed E-state index contributed by atoms with van der Waals surface area (Å²) < 4.78 is 0. The Bertz CT molecular complexity index is 1080. The van der Waals surface area contributed by atoms with Gasteiger partial charge >= 0.3 is 0 Å². The number of nitrogens with zero attached hydrogens (tertiary/aromatic N) is 4. The number of hydrogen-bond acceptors (Lipinski definition) is 6. The van der Waals surface area contributed by atoms with Crippen molar-refractivity contribution in [3.63, 3.8) is 0 Å². The van der Waals surface area contributed by atoms with Crippen molar-refractivity contribution in [1.82, 2.24) is 25.1 Å². The van der Waals surface area contributed by atoms with Crippen molar-refractivity contribution in [3.05, 3.63) is 47.9 Å². The third-order valence-corrected chi connectivity index (χ3v) is 6.83. The number of aromatic nitrogens is 4. The fraction of sp³-hybridized carbons (Fsp3) is 0.500. The van der Waals surface area contributed by atoms with Crippen LogP contribution in [-0.4, -0.2) is 54.8 Å². The van der Waals surface area contributed by atoms with E-state index in [1.54, 1.807) is 6.20 Å². The van der Waals surface area contributed by atoms with Crippen molar-refractivity contribution in [2.45, 2.75) is 63.0 Å². The zero-order valence-corrected chi connectivity index (χ0v) is 18.3. The summed E-state index contributed by atoms with van der Waals surface area (Å²) in [5.41, 5.74) is 1.86. The number of amides is 1. The van der Waals surface area contributed by atoms with Crippen LogP contribution in [0.1, 0.15) is 62.3 Å². The lowest BCUT2D eigenvalue weighted by Gasteiger charge is -2.32. The Hall–Kier alpha value is -3.00. The molecule has 1 atom stereocenters. The summed E-state index contributed by atoms with van der Waals surface area (Å²) in [7, 11) is 0. The minimum atomic E-state index is -0.806.